The summed E-state index contributed by atoms with van der Waals surface area (Å²) in [5, 5.41) is 28.5. The van der Waals surface area contributed by atoms with Crippen molar-refractivity contribution < 1.29 is 48.0 Å². The Bertz CT molecular complexity index is 1720. The largest absolute Gasteiger partial charge is 0.480 e. The third-order valence-electron chi connectivity index (χ3n) is 13.9. The summed E-state index contributed by atoms with van der Waals surface area (Å²) in [6.45, 7) is 7.22. The fraction of sp³-hybridized carbons (Fsp3) is 0.692. The van der Waals surface area contributed by atoms with Gasteiger partial charge in [-0.25, -0.2) is 8.78 Å². The molecule has 0 bridgehead atoms. The van der Waals surface area contributed by atoms with E-state index in [0.717, 1.165) is 32.2 Å². The summed E-state index contributed by atoms with van der Waals surface area (Å²) in [5.41, 5.74) is -0.00636. The molecule has 3 unspecified atom stereocenters. The van der Waals surface area contributed by atoms with Crippen molar-refractivity contribution in [1.82, 2.24) is 9.80 Å². The Balaban J connectivity index is 0.000000340. The van der Waals surface area contributed by atoms with Crippen LogP contribution in [-0.4, -0.2) is 81.8 Å². The average molecular weight is 899 g/mol. The molecule has 12 heteroatoms. The van der Waals surface area contributed by atoms with E-state index in [-0.39, 0.29) is 43.6 Å². The van der Waals surface area contributed by atoms with Gasteiger partial charge in [-0.3, -0.25) is 29.0 Å². The molecule has 4 rings (SSSR count). The predicted molar refractivity (Wildman–Crippen MR) is 248 cm³/mol. The van der Waals surface area contributed by atoms with E-state index in [2.05, 4.69) is 43.0 Å². The van der Waals surface area contributed by atoms with Crippen molar-refractivity contribution in [3.63, 3.8) is 0 Å². The van der Waals surface area contributed by atoms with Crippen molar-refractivity contribution in [2.75, 3.05) is 20.7 Å². The van der Waals surface area contributed by atoms with Gasteiger partial charge in [-0.15, -0.1) is 0 Å². The Hall–Kier alpha value is -3.90. The zero-order chi connectivity index (χ0) is 47.1. The van der Waals surface area contributed by atoms with Crippen molar-refractivity contribution >= 4 is 23.9 Å². The number of aryl methyl sites for hydroxylation is 2. The standard InChI is InChI=1S/C27H43NO4.C25H37F2NO4/c1-4-6-7-8-9-10-11-12-13-22-14-16-23(17-15-22)21-28(3)24-18-19-27(20-24,25(29)30)26(31)32-5-2;1-3-4-5-6-7-8-9-10-11-18-12-13-19(22(27)21(18)26)17-28(2)20-14-15-25(16-20,23(29)30)24(31)32/h14-17,24H,4-13,18-21H2,1-3H3,(H,29,30);12-13,20H,3-11,14-17H2,1-2H3,(H,29,30)(H,31,32). The molecule has 64 heavy (non-hydrogen) atoms. The number of ether oxygens (including phenoxy) is 1. The highest BCUT2D eigenvalue weighted by atomic mass is 19.2. The number of carboxylic acids is 3. The number of esters is 1. The van der Waals surface area contributed by atoms with Gasteiger partial charge in [-0.05, 0) is 102 Å². The van der Waals surface area contributed by atoms with E-state index in [1.54, 1.807) is 31.0 Å². The fourth-order valence-corrected chi connectivity index (χ4v) is 9.49. The van der Waals surface area contributed by atoms with Crippen LogP contribution in [0.3, 0.4) is 0 Å². The SMILES string of the molecule is CCCCCCCCCCc1ccc(CN(C)C2CCC(C(=O)O)(C(=O)O)C2)c(F)c1F.CCCCCCCCCCc1ccc(CN(C)C2CCC(C(=O)O)(C(=O)OCC)C2)cc1. The molecular weight excluding hydrogens is 819 g/mol. The van der Waals surface area contributed by atoms with Gasteiger partial charge in [-0.1, -0.05) is 140 Å². The maximum Gasteiger partial charge on any atom is 0.323 e. The van der Waals surface area contributed by atoms with Crippen LogP contribution >= 0.6 is 0 Å². The number of carbonyl (C=O) groups is 4. The molecule has 0 heterocycles. The molecule has 360 valence electrons. The number of rotatable bonds is 29. The van der Waals surface area contributed by atoms with Gasteiger partial charge in [0.1, 0.15) is 0 Å². The molecule has 0 aromatic heterocycles. The van der Waals surface area contributed by atoms with E-state index in [1.165, 1.54) is 94.6 Å². The van der Waals surface area contributed by atoms with E-state index in [4.69, 9.17) is 4.74 Å². The predicted octanol–water partition coefficient (Wildman–Crippen LogP) is 11.8. The van der Waals surface area contributed by atoms with E-state index >= 15 is 0 Å². The fourth-order valence-electron chi connectivity index (χ4n) is 9.49. The smallest absolute Gasteiger partial charge is 0.323 e. The highest BCUT2D eigenvalue weighted by Crippen LogP contribution is 2.43. The van der Waals surface area contributed by atoms with Gasteiger partial charge in [0, 0.05) is 30.7 Å². The van der Waals surface area contributed by atoms with Gasteiger partial charge in [0.05, 0.1) is 6.61 Å². The third-order valence-corrected chi connectivity index (χ3v) is 13.9. The lowest BCUT2D eigenvalue weighted by Crippen LogP contribution is -2.40. The van der Waals surface area contributed by atoms with Crippen LogP contribution in [0.25, 0.3) is 0 Å². The highest BCUT2D eigenvalue weighted by Gasteiger charge is 2.54. The minimum Gasteiger partial charge on any atom is -0.480 e. The molecule has 3 N–H and O–H groups in total. The minimum atomic E-state index is -1.80. The number of halogens is 2. The monoisotopic (exact) mass is 899 g/mol. The normalized spacial score (nSPS) is 19.1. The quantitative estimate of drug-likeness (QED) is 0.0410. The van der Waals surface area contributed by atoms with Crippen molar-refractivity contribution in [2.24, 2.45) is 10.8 Å². The highest BCUT2D eigenvalue weighted by molar-refractivity contribution is 5.99. The molecule has 2 aromatic carbocycles. The third kappa shape index (κ3) is 16.2. The molecule has 0 saturated heterocycles. The van der Waals surface area contributed by atoms with Crippen LogP contribution in [0.1, 0.15) is 184 Å². The molecule has 3 atom stereocenters. The lowest BCUT2D eigenvalue weighted by atomic mass is 9.86. The van der Waals surface area contributed by atoms with E-state index < -0.39 is 46.3 Å². The first-order valence-electron chi connectivity index (χ1n) is 24.5. The summed E-state index contributed by atoms with van der Waals surface area (Å²) in [6, 6.07) is 11.8. The number of hydrogen-bond acceptors (Lipinski definition) is 7. The summed E-state index contributed by atoms with van der Waals surface area (Å²) < 4.78 is 34.3. The van der Waals surface area contributed by atoms with Gasteiger partial charge >= 0.3 is 23.9 Å². The number of benzene rings is 2. The van der Waals surface area contributed by atoms with Gasteiger partial charge in [0.25, 0.3) is 0 Å². The van der Waals surface area contributed by atoms with Crippen LogP contribution in [-0.2, 0) is 49.8 Å². The van der Waals surface area contributed by atoms with Crippen LogP contribution in [0.5, 0.6) is 0 Å². The van der Waals surface area contributed by atoms with Gasteiger partial charge in [-0.2, -0.15) is 0 Å². The lowest BCUT2D eigenvalue weighted by molar-refractivity contribution is -0.169. The number of nitrogens with zero attached hydrogens (tertiary/aromatic N) is 2. The second-order valence-corrected chi connectivity index (χ2v) is 18.7. The molecule has 2 aliphatic carbocycles. The van der Waals surface area contributed by atoms with Crippen LogP contribution < -0.4 is 0 Å². The summed E-state index contributed by atoms with van der Waals surface area (Å²) in [5.74, 6) is -6.01. The number of aliphatic carboxylic acids is 3. The zero-order valence-electron chi connectivity index (χ0n) is 39.7. The molecular formula is C52H80F2N2O8. The second kappa shape index (κ2) is 28.2. The molecule has 2 aromatic rings. The molecule has 2 aliphatic rings. The Kier molecular flexibility index (Phi) is 24.0. The average Bonchev–Trinajstić information content (AvgIpc) is 3.95. The first-order chi connectivity index (χ1) is 30.6. The Morgan fingerprint density at radius 1 is 0.562 bits per heavy atom. The van der Waals surface area contributed by atoms with Crippen molar-refractivity contribution in [3.05, 3.63) is 70.3 Å². The molecule has 0 aliphatic heterocycles. The number of hydrogen-bond donors (Lipinski definition) is 3. The number of carbonyl (C=O) groups excluding carboxylic acids is 1. The van der Waals surface area contributed by atoms with Crippen LogP contribution in [0.4, 0.5) is 8.78 Å². The van der Waals surface area contributed by atoms with E-state index in [1.807, 2.05) is 7.05 Å². The van der Waals surface area contributed by atoms with Crippen LogP contribution in [0, 0.1) is 22.5 Å². The Morgan fingerprint density at radius 3 is 1.45 bits per heavy atom. The molecule has 0 spiro atoms. The summed E-state index contributed by atoms with van der Waals surface area (Å²) in [7, 11) is 3.71. The molecule has 2 saturated carbocycles. The van der Waals surface area contributed by atoms with Crippen LogP contribution in [0.2, 0.25) is 0 Å². The van der Waals surface area contributed by atoms with Crippen molar-refractivity contribution in [3.8, 4) is 0 Å². The lowest BCUT2D eigenvalue weighted by Gasteiger charge is -2.27. The van der Waals surface area contributed by atoms with Crippen LogP contribution in [0.15, 0.2) is 36.4 Å². The first-order valence-corrected chi connectivity index (χ1v) is 24.5. The Morgan fingerprint density at radius 2 is 0.969 bits per heavy atom. The van der Waals surface area contributed by atoms with Gasteiger partial charge < -0.3 is 20.1 Å². The van der Waals surface area contributed by atoms with Crippen molar-refractivity contribution in [2.45, 2.75) is 200 Å². The first kappa shape index (κ1) is 54.4. The maximum absolute atomic E-state index is 14.7. The summed E-state index contributed by atoms with van der Waals surface area (Å²) >= 11 is 0. The molecule has 0 radical (unpaired) electrons. The topological polar surface area (TPSA) is 145 Å². The zero-order valence-corrected chi connectivity index (χ0v) is 39.7. The van der Waals surface area contributed by atoms with Crippen molar-refractivity contribution in [1.29, 1.82) is 0 Å². The van der Waals surface area contributed by atoms with Gasteiger partial charge in [0.15, 0.2) is 22.5 Å². The second-order valence-electron chi connectivity index (χ2n) is 18.7. The maximum atomic E-state index is 14.7. The minimum absolute atomic E-state index is 0.0288. The number of unbranched alkanes of at least 4 members (excludes halogenated alkanes) is 14. The summed E-state index contributed by atoms with van der Waals surface area (Å²) in [6.07, 6.45) is 23.2. The molecule has 0 amide bonds. The van der Waals surface area contributed by atoms with E-state index in [0.29, 0.717) is 37.7 Å². The Labute approximate surface area is 382 Å². The summed E-state index contributed by atoms with van der Waals surface area (Å²) in [4.78, 5) is 51.1. The van der Waals surface area contributed by atoms with E-state index in [9.17, 15) is 43.3 Å². The molecule has 2 fully saturated rings. The molecule has 10 nitrogen and oxygen atoms in total. The van der Waals surface area contributed by atoms with Gasteiger partial charge in [0.2, 0.25) is 0 Å². The number of carboxylic acid groups (broad SMARTS) is 3.